The van der Waals surface area contributed by atoms with E-state index in [1.807, 2.05) is 47.8 Å². The van der Waals surface area contributed by atoms with Crippen LogP contribution < -0.4 is 10.6 Å². The van der Waals surface area contributed by atoms with Crippen LogP contribution >= 0.6 is 11.3 Å². The van der Waals surface area contributed by atoms with Gasteiger partial charge >= 0.3 is 0 Å². The molecule has 3 rings (SSSR count). The number of Topliss-reactive ketones (excluding diaryl/α,β-unsaturated/α-hetero) is 1. The van der Waals surface area contributed by atoms with E-state index in [4.69, 9.17) is 0 Å². The van der Waals surface area contributed by atoms with Crippen molar-refractivity contribution in [2.45, 2.75) is 6.17 Å². The van der Waals surface area contributed by atoms with Crippen molar-refractivity contribution in [3.05, 3.63) is 88.6 Å². The molecule has 1 amide bonds. The van der Waals surface area contributed by atoms with Crippen molar-refractivity contribution in [1.29, 1.82) is 0 Å². The molecule has 4 nitrogen and oxygen atoms in total. The van der Waals surface area contributed by atoms with E-state index >= 15 is 0 Å². The van der Waals surface area contributed by atoms with Gasteiger partial charge in [-0.15, -0.1) is 11.3 Å². The van der Waals surface area contributed by atoms with E-state index in [9.17, 15) is 9.59 Å². The van der Waals surface area contributed by atoms with Crippen molar-refractivity contribution in [2.24, 2.45) is 0 Å². The molecule has 0 fully saturated rings. The molecule has 0 spiro atoms. The number of carbonyl (C=O) groups is 2. The van der Waals surface area contributed by atoms with Gasteiger partial charge in [0.05, 0.1) is 4.88 Å². The third kappa shape index (κ3) is 3.88. The number of carbonyl (C=O) groups excluding carboxylic acids is 2. The molecule has 3 aromatic rings. The smallest absolute Gasteiger partial charge is 0.253 e. The van der Waals surface area contributed by atoms with Gasteiger partial charge in [-0.2, -0.15) is 0 Å². The lowest BCUT2D eigenvalue weighted by atomic mass is 10.2. The average molecular weight is 336 g/mol. The van der Waals surface area contributed by atoms with Crippen molar-refractivity contribution in [2.75, 3.05) is 5.32 Å². The fourth-order valence-electron chi connectivity index (χ4n) is 2.23. The summed E-state index contributed by atoms with van der Waals surface area (Å²) in [5.41, 5.74) is 1.28. The largest absolute Gasteiger partial charge is 0.359 e. The first-order valence-corrected chi connectivity index (χ1v) is 8.37. The van der Waals surface area contributed by atoms with Crippen molar-refractivity contribution in [1.82, 2.24) is 5.32 Å². The Bertz CT molecular complexity index is 802. The lowest BCUT2D eigenvalue weighted by Crippen LogP contribution is -2.46. The quantitative estimate of drug-likeness (QED) is 0.532. The van der Waals surface area contributed by atoms with E-state index in [1.165, 1.54) is 11.3 Å². The van der Waals surface area contributed by atoms with Crippen molar-refractivity contribution >= 4 is 28.7 Å². The highest BCUT2D eigenvalue weighted by atomic mass is 32.1. The highest BCUT2D eigenvalue weighted by Gasteiger charge is 2.23. The van der Waals surface area contributed by atoms with Gasteiger partial charge in [0.1, 0.15) is 0 Å². The Morgan fingerprint density at radius 2 is 1.50 bits per heavy atom. The summed E-state index contributed by atoms with van der Waals surface area (Å²) < 4.78 is 0. The fraction of sp³-hybridized carbons (Fsp3) is 0.0526. The Hall–Kier alpha value is -2.92. The highest BCUT2D eigenvalue weighted by Crippen LogP contribution is 2.14. The molecule has 5 heteroatoms. The second-order valence-electron chi connectivity index (χ2n) is 5.12. The van der Waals surface area contributed by atoms with E-state index in [2.05, 4.69) is 10.6 Å². The molecule has 2 N–H and O–H groups in total. The number of benzene rings is 2. The molecular weight excluding hydrogens is 320 g/mol. The van der Waals surface area contributed by atoms with E-state index in [0.717, 1.165) is 5.69 Å². The maximum Gasteiger partial charge on any atom is 0.253 e. The zero-order valence-corrected chi connectivity index (χ0v) is 13.6. The number of anilines is 1. The Morgan fingerprint density at radius 1 is 0.833 bits per heavy atom. The number of amides is 1. The maximum atomic E-state index is 12.7. The molecular formula is C19H16N2O2S. The Balaban J connectivity index is 1.81. The summed E-state index contributed by atoms with van der Waals surface area (Å²) in [6.45, 7) is 0. The van der Waals surface area contributed by atoms with Crippen LogP contribution in [-0.2, 0) is 0 Å². The van der Waals surface area contributed by atoms with Gasteiger partial charge in [0.15, 0.2) is 6.17 Å². The van der Waals surface area contributed by atoms with Crippen LogP contribution in [0.1, 0.15) is 20.0 Å². The zero-order valence-electron chi connectivity index (χ0n) is 12.8. The summed E-state index contributed by atoms with van der Waals surface area (Å²) in [5, 5.41) is 7.71. The molecule has 0 unspecified atom stereocenters. The van der Waals surface area contributed by atoms with Crippen LogP contribution in [0.3, 0.4) is 0 Å². The zero-order chi connectivity index (χ0) is 16.8. The lowest BCUT2D eigenvalue weighted by molar-refractivity contribution is 0.0871. The topological polar surface area (TPSA) is 58.2 Å². The van der Waals surface area contributed by atoms with Gasteiger partial charge in [-0.3, -0.25) is 9.59 Å². The maximum absolute atomic E-state index is 12.7. The third-order valence-electron chi connectivity index (χ3n) is 3.42. The fourth-order valence-corrected chi connectivity index (χ4v) is 2.93. The lowest BCUT2D eigenvalue weighted by Gasteiger charge is -2.20. The van der Waals surface area contributed by atoms with Gasteiger partial charge in [-0.1, -0.05) is 42.5 Å². The van der Waals surface area contributed by atoms with E-state index in [0.29, 0.717) is 10.4 Å². The minimum atomic E-state index is -0.834. The normalized spacial score (nSPS) is 11.5. The Morgan fingerprint density at radius 3 is 2.12 bits per heavy atom. The first-order chi connectivity index (χ1) is 11.7. The Kier molecular flexibility index (Phi) is 5.03. The van der Waals surface area contributed by atoms with Gasteiger partial charge in [-0.25, -0.2) is 0 Å². The average Bonchev–Trinajstić information content (AvgIpc) is 3.17. The van der Waals surface area contributed by atoms with Crippen LogP contribution in [0.2, 0.25) is 0 Å². The van der Waals surface area contributed by atoms with Crippen LogP contribution in [0.25, 0.3) is 0 Å². The SMILES string of the molecule is O=C(N[C@H](Nc1ccccc1)C(=O)c1cccs1)c1ccccc1. The molecule has 0 radical (unpaired) electrons. The molecule has 0 aliphatic carbocycles. The predicted octanol–water partition coefficient (Wildman–Crippen LogP) is 3.80. The van der Waals surface area contributed by atoms with Crippen molar-refractivity contribution in [3.8, 4) is 0 Å². The molecule has 1 heterocycles. The number of rotatable bonds is 6. The second kappa shape index (κ2) is 7.57. The molecule has 2 aromatic carbocycles. The number of para-hydroxylation sites is 1. The van der Waals surface area contributed by atoms with E-state index < -0.39 is 6.17 Å². The van der Waals surface area contributed by atoms with Crippen LogP contribution in [0.15, 0.2) is 78.2 Å². The monoisotopic (exact) mass is 336 g/mol. The van der Waals surface area contributed by atoms with Gasteiger partial charge in [0, 0.05) is 11.3 Å². The number of ketones is 1. The minimum Gasteiger partial charge on any atom is -0.359 e. The van der Waals surface area contributed by atoms with Crippen LogP contribution in [0, 0.1) is 0 Å². The summed E-state index contributed by atoms with van der Waals surface area (Å²) >= 11 is 1.35. The molecule has 1 aromatic heterocycles. The summed E-state index contributed by atoms with van der Waals surface area (Å²) in [7, 11) is 0. The summed E-state index contributed by atoms with van der Waals surface area (Å²) in [6, 6.07) is 21.7. The highest BCUT2D eigenvalue weighted by molar-refractivity contribution is 7.12. The first-order valence-electron chi connectivity index (χ1n) is 7.49. The standard InChI is InChI=1S/C19H16N2O2S/c22-17(16-12-7-13-24-16)18(20-15-10-5-2-6-11-15)21-19(23)14-8-3-1-4-9-14/h1-13,18,20H,(H,21,23)/t18-/m0/s1. The van der Waals surface area contributed by atoms with Gasteiger partial charge < -0.3 is 10.6 Å². The van der Waals surface area contributed by atoms with E-state index in [-0.39, 0.29) is 11.7 Å². The van der Waals surface area contributed by atoms with Gasteiger partial charge in [0.25, 0.3) is 5.91 Å². The number of hydrogen-bond acceptors (Lipinski definition) is 4. The second-order valence-corrected chi connectivity index (χ2v) is 6.07. The van der Waals surface area contributed by atoms with Crippen LogP contribution in [-0.4, -0.2) is 17.9 Å². The summed E-state index contributed by atoms with van der Waals surface area (Å²) in [6.07, 6.45) is -0.834. The van der Waals surface area contributed by atoms with E-state index in [1.54, 1.807) is 30.3 Å². The molecule has 120 valence electrons. The third-order valence-corrected chi connectivity index (χ3v) is 4.31. The number of hydrogen-bond donors (Lipinski definition) is 2. The van der Waals surface area contributed by atoms with Gasteiger partial charge in [-0.05, 0) is 35.7 Å². The molecule has 0 saturated heterocycles. The van der Waals surface area contributed by atoms with Gasteiger partial charge in [0.2, 0.25) is 5.78 Å². The molecule has 1 atom stereocenters. The molecule has 0 aliphatic heterocycles. The molecule has 0 aliphatic rings. The van der Waals surface area contributed by atoms with Crippen LogP contribution in [0.5, 0.6) is 0 Å². The summed E-state index contributed by atoms with van der Waals surface area (Å²) in [4.78, 5) is 25.7. The number of thiophene rings is 1. The summed E-state index contributed by atoms with van der Waals surface area (Å²) in [5.74, 6) is -0.466. The van der Waals surface area contributed by atoms with Crippen molar-refractivity contribution < 1.29 is 9.59 Å². The van der Waals surface area contributed by atoms with Crippen molar-refractivity contribution in [3.63, 3.8) is 0 Å². The van der Waals surface area contributed by atoms with Crippen LogP contribution in [0.4, 0.5) is 5.69 Å². The molecule has 24 heavy (non-hydrogen) atoms. The first kappa shape index (κ1) is 16.0. The minimum absolute atomic E-state index is 0.168. The Labute approximate surface area is 144 Å². The predicted molar refractivity (Wildman–Crippen MR) is 96.4 cm³/mol. The molecule has 0 bridgehead atoms. The number of nitrogens with one attached hydrogen (secondary N) is 2. The molecule has 0 saturated carbocycles.